The van der Waals surface area contributed by atoms with E-state index in [9.17, 15) is 9.18 Å². The van der Waals surface area contributed by atoms with Crippen LogP contribution >= 0.6 is 11.6 Å². The summed E-state index contributed by atoms with van der Waals surface area (Å²) in [5.74, 6) is 0.0467. The molecule has 0 bridgehead atoms. The fourth-order valence-electron chi connectivity index (χ4n) is 3.68. The van der Waals surface area contributed by atoms with E-state index in [1.165, 1.54) is 24.5 Å². The number of ether oxygens (including phenoxy) is 2. The van der Waals surface area contributed by atoms with Crippen molar-refractivity contribution in [1.29, 1.82) is 0 Å². The second-order valence-corrected chi connectivity index (χ2v) is 8.43. The van der Waals surface area contributed by atoms with Gasteiger partial charge in [-0.3, -0.25) is 9.78 Å². The van der Waals surface area contributed by atoms with Gasteiger partial charge in [0, 0.05) is 35.8 Å². The molecule has 1 atom stereocenters. The first-order chi connectivity index (χ1) is 17.5. The van der Waals surface area contributed by atoms with E-state index in [4.69, 9.17) is 21.1 Å². The zero-order chi connectivity index (χ0) is 24.9. The SMILES string of the molecule is O=C(/C=C/c1ccccn1)Nc1cc2c(Nc3ccc(F)c(Cl)c3)ncnc2cc1O[C@H]1CCOC1. The van der Waals surface area contributed by atoms with Crippen molar-refractivity contribution in [3.05, 3.63) is 83.7 Å². The minimum absolute atomic E-state index is 0.0134. The molecule has 0 saturated carbocycles. The van der Waals surface area contributed by atoms with Crippen LogP contribution in [0.15, 0.2) is 67.1 Å². The van der Waals surface area contributed by atoms with Gasteiger partial charge in [-0.25, -0.2) is 14.4 Å². The lowest BCUT2D eigenvalue weighted by atomic mass is 10.1. The first-order valence-corrected chi connectivity index (χ1v) is 11.6. The maximum Gasteiger partial charge on any atom is 0.248 e. The number of carbonyl (C=O) groups excluding carboxylic acids is 1. The lowest BCUT2D eigenvalue weighted by Gasteiger charge is -2.17. The fourth-order valence-corrected chi connectivity index (χ4v) is 3.87. The van der Waals surface area contributed by atoms with Crippen LogP contribution in [0.2, 0.25) is 5.02 Å². The second-order valence-electron chi connectivity index (χ2n) is 8.02. The molecule has 36 heavy (non-hydrogen) atoms. The van der Waals surface area contributed by atoms with Crippen LogP contribution in [0, 0.1) is 5.82 Å². The van der Waals surface area contributed by atoms with Crippen LogP contribution < -0.4 is 15.4 Å². The van der Waals surface area contributed by atoms with E-state index in [0.29, 0.717) is 52.8 Å². The predicted molar refractivity (Wildman–Crippen MR) is 136 cm³/mol. The van der Waals surface area contributed by atoms with Gasteiger partial charge in [-0.15, -0.1) is 0 Å². The molecular formula is C26H21ClFN5O3. The Balaban J connectivity index is 1.48. The van der Waals surface area contributed by atoms with Crippen molar-refractivity contribution in [2.24, 2.45) is 0 Å². The highest BCUT2D eigenvalue weighted by atomic mass is 35.5. The van der Waals surface area contributed by atoms with Crippen molar-refractivity contribution in [3.8, 4) is 5.75 Å². The van der Waals surface area contributed by atoms with Crippen LogP contribution in [0.1, 0.15) is 12.1 Å². The number of anilines is 3. The number of nitrogens with one attached hydrogen (secondary N) is 2. The lowest BCUT2D eigenvalue weighted by molar-refractivity contribution is -0.111. The molecule has 0 radical (unpaired) electrons. The number of nitrogens with zero attached hydrogens (tertiary/aromatic N) is 3. The molecule has 5 rings (SSSR count). The average molecular weight is 506 g/mol. The number of carbonyl (C=O) groups is 1. The van der Waals surface area contributed by atoms with Gasteiger partial charge >= 0.3 is 0 Å². The molecule has 4 aromatic rings. The normalized spacial score (nSPS) is 15.3. The molecule has 2 N–H and O–H groups in total. The van der Waals surface area contributed by atoms with Crippen molar-refractivity contribution in [2.45, 2.75) is 12.5 Å². The summed E-state index contributed by atoms with van der Waals surface area (Å²) in [6.45, 7) is 1.08. The van der Waals surface area contributed by atoms with E-state index in [-0.39, 0.29) is 17.0 Å². The average Bonchev–Trinajstić information content (AvgIpc) is 3.39. The molecule has 1 fully saturated rings. The zero-order valence-corrected chi connectivity index (χ0v) is 19.7. The maximum absolute atomic E-state index is 13.6. The molecule has 1 aliphatic heterocycles. The lowest BCUT2D eigenvalue weighted by Crippen LogP contribution is -2.18. The molecule has 10 heteroatoms. The molecule has 2 aromatic carbocycles. The summed E-state index contributed by atoms with van der Waals surface area (Å²) in [7, 11) is 0. The minimum Gasteiger partial charge on any atom is -0.486 e. The number of hydrogen-bond donors (Lipinski definition) is 2. The van der Waals surface area contributed by atoms with Crippen molar-refractivity contribution < 1.29 is 18.7 Å². The van der Waals surface area contributed by atoms with Gasteiger partial charge in [0.15, 0.2) is 0 Å². The highest BCUT2D eigenvalue weighted by Gasteiger charge is 2.21. The van der Waals surface area contributed by atoms with Crippen LogP contribution in [-0.2, 0) is 9.53 Å². The number of amides is 1. The van der Waals surface area contributed by atoms with Gasteiger partial charge in [0.05, 0.1) is 35.1 Å². The van der Waals surface area contributed by atoms with Crippen molar-refractivity contribution in [3.63, 3.8) is 0 Å². The van der Waals surface area contributed by atoms with E-state index in [0.717, 1.165) is 6.42 Å². The summed E-state index contributed by atoms with van der Waals surface area (Å²) < 4.78 is 25.2. The van der Waals surface area contributed by atoms with E-state index in [1.807, 2.05) is 6.07 Å². The molecule has 0 aliphatic carbocycles. The molecule has 0 spiro atoms. The summed E-state index contributed by atoms with van der Waals surface area (Å²) in [5, 5.41) is 6.63. The first kappa shape index (κ1) is 23.7. The molecule has 182 valence electrons. The van der Waals surface area contributed by atoms with Crippen molar-refractivity contribution in [1.82, 2.24) is 15.0 Å². The summed E-state index contributed by atoms with van der Waals surface area (Å²) in [4.78, 5) is 25.6. The fraction of sp³-hybridized carbons (Fsp3) is 0.154. The van der Waals surface area contributed by atoms with Crippen molar-refractivity contribution >= 4 is 51.7 Å². The summed E-state index contributed by atoms with van der Waals surface area (Å²) in [5.41, 5.74) is 2.24. The molecule has 1 saturated heterocycles. The Hall–Kier alpha value is -4.08. The molecule has 3 heterocycles. The molecule has 1 aliphatic rings. The third-order valence-corrected chi connectivity index (χ3v) is 5.74. The summed E-state index contributed by atoms with van der Waals surface area (Å²) >= 11 is 5.92. The molecule has 8 nitrogen and oxygen atoms in total. The molecule has 0 unspecified atom stereocenters. The summed E-state index contributed by atoms with van der Waals surface area (Å²) in [6, 6.07) is 13.2. The number of fused-ring (bicyclic) bond motifs is 1. The predicted octanol–water partition coefficient (Wildman–Crippen LogP) is 5.38. The molecule has 1 amide bonds. The van der Waals surface area contributed by atoms with E-state index in [1.54, 1.807) is 42.6 Å². The second kappa shape index (κ2) is 10.7. The third-order valence-electron chi connectivity index (χ3n) is 5.45. The Kier molecular flexibility index (Phi) is 7.01. The number of halogens is 2. The molecular weight excluding hydrogens is 485 g/mol. The zero-order valence-electron chi connectivity index (χ0n) is 18.9. The van der Waals surface area contributed by atoms with Crippen LogP contribution in [0.5, 0.6) is 5.75 Å². The number of pyridine rings is 1. The topological polar surface area (TPSA) is 98.3 Å². The Morgan fingerprint density at radius 2 is 2.08 bits per heavy atom. The standard InChI is InChI=1S/C26H21ClFN5O3/c27-20-11-17(4-6-21(20)28)32-26-19-12-23(33-25(34)7-5-16-3-1-2-9-29-16)24(13-22(19)30-15-31-26)36-18-8-10-35-14-18/h1-7,9,11-13,15,18H,8,10,14H2,(H,33,34)(H,30,31,32)/b7-5+/t18-/m0/s1. The Morgan fingerprint density at radius 3 is 2.86 bits per heavy atom. The Labute approximate surface area is 211 Å². The highest BCUT2D eigenvalue weighted by Crippen LogP contribution is 2.35. The smallest absolute Gasteiger partial charge is 0.248 e. The van der Waals surface area contributed by atoms with Crippen LogP contribution in [0.4, 0.5) is 21.6 Å². The number of hydrogen-bond acceptors (Lipinski definition) is 7. The van der Waals surface area contributed by atoms with Gasteiger partial charge in [0.25, 0.3) is 0 Å². The van der Waals surface area contributed by atoms with E-state index < -0.39 is 5.82 Å². The quantitative estimate of drug-likeness (QED) is 0.325. The van der Waals surface area contributed by atoms with Crippen LogP contribution in [0.25, 0.3) is 17.0 Å². The number of benzene rings is 2. The Morgan fingerprint density at radius 1 is 1.17 bits per heavy atom. The van der Waals surface area contributed by atoms with Gasteiger partial charge < -0.3 is 20.1 Å². The van der Waals surface area contributed by atoms with E-state index in [2.05, 4.69) is 25.6 Å². The summed E-state index contributed by atoms with van der Waals surface area (Å²) in [6.07, 6.45) is 6.69. The van der Waals surface area contributed by atoms with E-state index >= 15 is 0 Å². The minimum atomic E-state index is -0.517. The Bertz CT molecular complexity index is 1430. The largest absolute Gasteiger partial charge is 0.486 e. The number of aromatic nitrogens is 3. The van der Waals surface area contributed by atoms with Gasteiger partial charge in [0.1, 0.15) is 29.8 Å². The van der Waals surface area contributed by atoms with Gasteiger partial charge in [0.2, 0.25) is 5.91 Å². The first-order valence-electron chi connectivity index (χ1n) is 11.2. The van der Waals surface area contributed by atoms with Crippen molar-refractivity contribution in [2.75, 3.05) is 23.8 Å². The highest BCUT2D eigenvalue weighted by molar-refractivity contribution is 6.31. The third kappa shape index (κ3) is 5.59. The van der Waals surface area contributed by atoms with Gasteiger partial charge in [-0.1, -0.05) is 17.7 Å². The number of rotatable bonds is 7. The maximum atomic E-state index is 13.6. The van der Waals surface area contributed by atoms with Gasteiger partial charge in [-0.05, 0) is 42.5 Å². The monoisotopic (exact) mass is 505 g/mol. The van der Waals surface area contributed by atoms with Crippen LogP contribution in [-0.4, -0.2) is 40.2 Å². The molecule has 2 aromatic heterocycles. The van der Waals surface area contributed by atoms with Crippen LogP contribution in [0.3, 0.4) is 0 Å². The van der Waals surface area contributed by atoms with Gasteiger partial charge in [-0.2, -0.15) is 0 Å².